The number of rotatable bonds is 3. The zero-order valence-electron chi connectivity index (χ0n) is 7.78. The molecule has 0 aliphatic rings. The maximum atomic E-state index is 10.6. The van der Waals surface area contributed by atoms with Crippen LogP contribution in [0.3, 0.4) is 0 Å². The predicted octanol–water partition coefficient (Wildman–Crippen LogP) is -1.11. The van der Waals surface area contributed by atoms with Gasteiger partial charge in [0.25, 0.3) is 0 Å². The Bertz CT molecular complexity index is 235. The van der Waals surface area contributed by atoms with Crippen molar-refractivity contribution in [2.24, 2.45) is 21.5 Å². The van der Waals surface area contributed by atoms with Crippen LogP contribution >= 0.6 is 0 Å². The molecule has 0 heterocycles. The van der Waals surface area contributed by atoms with Gasteiger partial charge in [0.05, 0.1) is 20.1 Å². The molecule has 0 amide bonds. The highest BCUT2D eigenvalue weighted by molar-refractivity contribution is 6.39. The summed E-state index contributed by atoms with van der Waals surface area (Å²) in [5.41, 5.74) is 10.7. The number of hydrogen-bond acceptors (Lipinski definition) is 4. The summed E-state index contributed by atoms with van der Waals surface area (Å²) in [7, 11) is 2.83. The first-order chi connectivity index (χ1) is 6.11. The maximum absolute atomic E-state index is 10.6. The van der Waals surface area contributed by atoms with Gasteiger partial charge in [-0.05, 0) is 0 Å². The highest BCUT2D eigenvalue weighted by Crippen LogP contribution is 1.85. The highest BCUT2D eigenvalue weighted by atomic mass is 16.5. The van der Waals surface area contributed by atoms with Crippen molar-refractivity contribution >= 4 is 17.6 Å². The summed E-state index contributed by atoms with van der Waals surface area (Å²) >= 11 is 0. The van der Waals surface area contributed by atoms with Crippen molar-refractivity contribution in [3.63, 3.8) is 0 Å². The minimum absolute atomic E-state index is 0.145. The number of carbonyl (C=O) groups excluding carboxylic acids is 1. The molecular formula is C7H14N4O2. The molecule has 4 N–H and O–H groups in total. The number of carbonyl (C=O) groups is 1. The monoisotopic (exact) mass is 186 g/mol. The van der Waals surface area contributed by atoms with E-state index in [0.29, 0.717) is 0 Å². The number of methoxy groups -OCH3 is 1. The third-order valence-electron chi connectivity index (χ3n) is 1.33. The standard InChI is InChI=1S/C7H14N4O2/c1-10-6(8)7(9)11-4-3-5(12)13-2/h3-4H2,1-2H3,(H2,8,10)(H2,9,11). The molecule has 0 spiro atoms. The van der Waals surface area contributed by atoms with Crippen LogP contribution in [0.5, 0.6) is 0 Å². The molecule has 0 aromatic heterocycles. The molecule has 0 aromatic rings. The molecule has 0 rings (SSSR count). The number of aliphatic imine (C=N–C) groups is 2. The number of ether oxygens (including phenoxy) is 1. The van der Waals surface area contributed by atoms with Crippen molar-refractivity contribution in [3.8, 4) is 0 Å². The van der Waals surface area contributed by atoms with E-state index in [2.05, 4.69) is 14.7 Å². The van der Waals surface area contributed by atoms with Crippen molar-refractivity contribution in [1.82, 2.24) is 0 Å². The van der Waals surface area contributed by atoms with Crippen molar-refractivity contribution in [3.05, 3.63) is 0 Å². The fourth-order valence-electron chi connectivity index (χ4n) is 0.565. The van der Waals surface area contributed by atoms with Crippen LogP contribution in [-0.2, 0) is 9.53 Å². The molecule has 0 fully saturated rings. The fraction of sp³-hybridized carbons (Fsp3) is 0.571. The summed E-state index contributed by atoms with van der Waals surface area (Å²) in [6, 6.07) is 0. The smallest absolute Gasteiger partial charge is 0.307 e. The second kappa shape index (κ2) is 5.99. The summed E-state index contributed by atoms with van der Waals surface area (Å²) in [5.74, 6) is -0.0140. The van der Waals surface area contributed by atoms with Crippen LogP contribution in [0.15, 0.2) is 9.98 Å². The molecular weight excluding hydrogens is 172 g/mol. The van der Waals surface area contributed by atoms with Crippen molar-refractivity contribution < 1.29 is 9.53 Å². The number of esters is 1. The van der Waals surface area contributed by atoms with Crippen LogP contribution in [0.1, 0.15) is 6.42 Å². The molecule has 0 bridgehead atoms. The van der Waals surface area contributed by atoms with E-state index in [4.69, 9.17) is 11.5 Å². The van der Waals surface area contributed by atoms with E-state index in [9.17, 15) is 4.79 Å². The van der Waals surface area contributed by atoms with Crippen LogP contribution in [-0.4, -0.2) is 38.3 Å². The molecule has 6 heteroatoms. The Balaban J connectivity index is 3.92. The maximum Gasteiger partial charge on any atom is 0.307 e. The Morgan fingerprint density at radius 2 is 2.00 bits per heavy atom. The molecule has 0 atom stereocenters. The molecule has 0 aliphatic carbocycles. The first-order valence-corrected chi connectivity index (χ1v) is 3.71. The van der Waals surface area contributed by atoms with Gasteiger partial charge in [0.1, 0.15) is 0 Å². The molecule has 0 unspecified atom stereocenters. The molecule has 6 nitrogen and oxygen atoms in total. The quantitative estimate of drug-likeness (QED) is 0.331. The second-order valence-electron chi connectivity index (χ2n) is 2.20. The van der Waals surface area contributed by atoms with E-state index in [1.807, 2.05) is 0 Å². The summed E-state index contributed by atoms with van der Waals surface area (Å²) in [6.07, 6.45) is 0.189. The van der Waals surface area contributed by atoms with E-state index in [1.54, 1.807) is 0 Å². The summed E-state index contributed by atoms with van der Waals surface area (Å²) in [6.45, 7) is 0.259. The Morgan fingerprint density at radius 1 is 1.38 bits per heavy atom. The van der Waals surface area contributed by atoms with E-state index >= 15 is 0 Å². The molecule has 74 valence electrons. The Hall–Kier alpha value is -1.59. The lowest BCUT2D eigenvalue weighted by Gasteiger charge is -1.98. The lowest BCUT2D eigenvalue weighted by molar-refractivity contribution is -0.140. The molecule has 13 heavy (non-hydrogen) atoms. The van der Waals surface area contributed by atoms with Gasteiger partial charge in [0.15, 0.2) is 11.7 Å². The zero-order valence-corrected chi connectivity index (χ0v) is 7.78. The number of nitrogens with zero attached hydrogens (tertiary/aromatic N) is 2. The lowest BCUT2D eigenvalue weighted by Crippen LogP contribution is -2.31. The SMILES string of the molecule is CN=C(N)C(N)=NCCC(=O)OC. The van der Waals surface area contributed by atoms with E-state index in [1.165, 1.54) is 14.2 Å². The number of hydrogen-bond donors (Lipinski definition) is 2. The van der Waals surface area contributed by atoms with Crippen molar-refractivity contribution in [2.75, 3.05) is 20.7 Å². The van der Waals surface area contributed by atoms with Crippen molar-refractivity contribution in [2.45, 2.75) is 6.42 Å². The van der Waals surface area contributed by atoms with Crippen molar-refractivity contribution in [1.29, 1.82) is 0 Å². The van der Waals surface area contributed by atoms with E-state index in [0.717, 1.165) is 0 Å². The molecule has 0 aliphatic heterocycles. The number of nitrogens with two attached hydrogens (primary N) is 2. The fourth-order valence-corrected chi connectivity index (χ4v) is 0.565. The first kappa shape index (κ1) is 11.4. The van der Waals surface area contributed by atoms with Crippen LogP contribution in [0.2, 0.25) is 0 Å². The van der Waals surface area contributed by atoms with E-state index in [-0.39, 0.29) is 30.6 Å². The van der Waals surface area contributed by atoms with Crippen LogP contribution in [0.25, 0.3) is 0 Å². The summed E-state index contributed by atoms with van der Waals surface area (Å²) in [5, 5.41) is 0. The normalized spacial score (nSPS) is 12.8. The average molecular weight is 186 g/mol. The average Bonchev–Trinajstić information content (AvgIpc) is 2.15. The van der Waals surface area contributed by atoms with Gasteiger partial charge in [-0.15, -0.1) is 0 Å². The summed E-state index contributed by atoms with van der Waals surface area (Å²) < 4.78 is 4.41. The van der Waals surface area contributed by atoms with Gasteiger partial charge in [-0.3, -0.25) is 14.8 Å². The van der Waals surface area contributed by atoms with E-state index < -0.39 is 0 Å². The topological polar surface area (TPSA) is 103 Å². The largest absolute Gasteiger partial charge is 0.469 e. The van der Waals surface area contributed by atoms with Gasteiger partial charge in [-0.1, -0.05) is 0 Å². The van der Waals surface area contributed by atoms with Crippen LogP contribution < -0.4 is 11.5 Å². The van der Waals surface area contributed by atoms with Gasteiger partial charge < -0.3 is 16.2 Å². The zero-order chi connectivity index (χ0) is 10.3. The molecule has 0 aromatic carbocycles. The van der Waals surface area contributed by atoms with Gasteiger partial charge >= 0.3 is 5.97 Å². The predicted molar refractivity (Wildman–Crippen MR) is 50.7 cm³/mol. The van der Waals surface area contributed by atoms with Crippen LogP contribution in [0, 0.1) is 0 Å². The summed E-state index contributed by atoms with van der Waals surface area (Å²) in [4.78, 5) is 18.1. The minimum Gasteiger partial charge on any atom is -0.469 e. The highest BCUT2D eigenvalue weighted by Gasteiger charge is 2.00. The van der Waals surface area contributed by atoms with Gasteiger partial charge in [-0.25, -0.2) is 0 Å². The van der Waals surface area contributed by atoms with Gasteiger partial charge in [0, 0.05) is 7.05 Å². The minimum atomic E-state index is -0.330. The third kappa shape index (κ3) is 4.78. The second-order valence-corrected chi connectivity index (χ2v) is 2.20. The lowest BCUT2D eigenvalue weighted by atomic mass is 10.4. The third-order valence-corrected chi connectivity index (χ3v) is 1.33. The van der Waals surface area contributed by atoms with Gasteiger partial charge in [0.2, 0.25) is 0 Å². The Morgan fingerprint density at radius 3 is 2.46 bits per heavy atom. The Labute approximate surface area is 76.7 Å². The van der Waals surface area contributed by atoms with Crippen LogP contribution in [0.4, 0.5) is 0 Å². The van der Waals surface area contributed by atoms with Gasteiger partial charge in [-0.2, -0.15) is 0 Å². The molecule has 0 saturated heterocycles. The Kier molecular flexibility index (Phi) is 5.25. The first-order valence-electron chi connectivity index (χ1n) is 3.71. The molecule has 0 radical (unpaired) electrons. The molecule has 0 saturated carbocycles. The number of amidine groups is 2.